The second kappa shape index (κ2) is 9.15. The minimum atomic E-state index is -1.12. The molecular formula is C22H24O6S. The zero-order valence-corrected chi connectivity index (χ0v) is 17.5. The summed E-state index contributed by atoms with van der Waals surface area (Å²) in [4.78, 5) is 12.3. The fourth-order valence-electron chi connectivity index (χ4n) is 3.36. The average molecular weight is 416 g/mol. The molecule has 3 aromatic rings. The molecule has 0 amide bonds. The van der Waals surface area contributed by atoms with Gasteiger partial charge >= 0.3 is 5.97 Å². The number of aliphatic hydroxyl groups is 1. The van der Waals surface area contributed by atoms with Crippen LogP contribution < -0.4 is 14.2 Å². The Morgan fingerprint density at radius 2 is 1.90 bits per heavy atom. The number of carbonyl (C=O) groups is 1. The summed E-state index contributed by atoms with van der Waals surface area (Å²) >= 11 is 1.44. The molecule has 0 saturated heterocycles. The van der Waals surface area contributed by atoms with Crippen LogP contribution in [0.5, 0.6) is 17.2 Å². The first kappa shape index (κ1) is 21.0. The van der Waals surface area contributed by atoms with Gasteiger partial charge in [0.25, 0.3) is 0 Å². The van der Waals surface area contributed by atoms with Crippen LogP contribution in [0.4, 0.5) is 0 Å². The van der Waals surface area contributed by atoms with Crippen molar-refractivity contribution in [1.29, 1.82) is 0 Å². The minimum absolute atomic E-state index is 0.0427. The summed E-state index contributed by atoms with van der Waals surface area (Å²) in [7, 11) is 3.08. The molecule has 0 unspecified atom stereocenters. The van der Waals surface area contributed by atoms with Gasteiger partial charge in [0.1, 0.15) is 5.75 Å². The maximum absolute atomic E-state index is 12.3. The molecule has 0 atom stereocenters. The number of methoxy groups -OCH3 is 2. The molecule has 2 N–H and O–H groups in total. The van der Waals surface area contributed by atoms with Crippen LogP contribution in [-0.2, 0) is 6.61 Å². The Hall–Kier alpha value is -2.77. The van der Waals surface area contributed by atoms with Gasteiger partial charge in [-0.1, -0.05) is 19.4 Å². The molecule has 1 aromatic heterocycles. The van der Waals surface area contributed by atoms with E-state index in [-0.39, 0.29) is 11.1 Å². The first-order valence-corrected chi connectivity index (χ1v) is 10.2. The Kier molecular flexibility index (Phi) is 6.61. The van der Waals surface area contributed by atoms with Crippen molar-refractivity contribution in [2.75, 3.05) is 20.8 Å². The highest BCUT2D eigenvalue weighted by Gasteiger charge is 2.26. The van der Waals surface area contributed by atoms with E-state index in [0.717, 1.165) is 22.9 Å². The number of hydrogen-bond donors (Lipinski definition) is 2. The number of thiophene rings is 1. The van der Waals surface area contributed by atoms with Gasteiger partial charge < -0.3 is 24.4 Å². The topological polar surface area (TPSA) is 85.2 Å². The lowest BCUT2D eigenvalue weighted by atomic mass is 9.92. The molecule has 3 rings (SSSR count). The summed E-state index contributed by atoms with van der Waals surface area (Å²) in [5, 5.41) is 22.8. The van der Waals surface area contributed by atoms with Crippen molar-refractivity contribution >= 4 is 27.4 Å². The van der Waals surface area contributed by atoms with Gasteiger partial charge in [0.05, 0.1) is 33.0 Å². The fourth-order valence-corrected chi connectivity index (χ4v) is 4.33. The lowest BCUT2D eigenvalue weighted by molar-refractivity contribution is 0.0693. The molecule has 2 aromatic carbocycles. The Morgan fingerprint density at radius 1 is 1.14 bits per heavy atom. The van der Waals surface area contributed by atoms with Gasteiger partial charge in [0.15, 0.2) is 11.5 Å². The number of unbranched alkanes of at least 4 members (excludes halogenated alkanes) is 1. The highest BCUT2D eigenvalue weighted by atomic mass is 32.1. The molecule has 154 valence electrons. The van der Waals surface area contributed by atoms with Crippen molar-refractivity contribution in [2.45, 2.75) is 26.4 Å². The summed E-state index contributed by atoms with van der Waals surface area (Å²) in [6.45, 7) is 2.08. The molecule has 0 saturated carbocycles. The van der Waals surface area contributed by atoms with Gasteiger partial charge in [-0.05, 0) is 35.6 Å². The lowest BCUT2D eigenvalue weighted by Gasteiger charge is -2.19. The number of carboxylic acids is 1. The first-order chi connectivity index (χ1) is 14.1. The number of carboxylic acid groups (broad SMARTS) is 1. The average Bonchev–Trinajstić information content (AvgIpc) is 3.22. The third-order valence-electron chi connectivity index (χ3n) is 4.75. The molecule has 0 fully saturated rings. The molecule has 0 aliphatic rings. The van der Waals surface area contributed by atoms with Crippen molar-refractivity contribution in [1.82, 2.24) is 0 Å². The van der Waals surface area contributed by atoms with E-state index in [9.17, 15) is 15.0 Å². The van der Waals surface area contributed by atoms with E-state index >= 15 is 0 Å². The Labute approximate surface area is 173 Å². The molecule has 1 heterocycles. The normalized spacial score (nSPS) is 10.9. The maximum atomic E-state index is 12.3. The van der Waals surface area contributed by atoms with Crippen LogP contribution >= 0.6 is 11.3 Å². The summed E-state index contributed by atoms with van der Waals surface area (Å²) in [6.07, 6.45) is 1.80. The number of fused-ring (bicyclic) bond motifs is 1. The zero-order valence-electron chi connectivity index (χ0n) is 16.7. The van der Waals surface area contributed by atoms with Gasteiger partial charge in [-0.25, -0.2) is 4.79 Å². The van der Waals surface area contributed by atoms with Crippen LogP contribution in [0.3, 0.4) is 0 Å². The summed E-state index contributed by atoms with van der Waals surface area (Å²) < 4.78 is 17.4. The first-order valence-electron chi connectivity index (χ1n) is 9.32. The van der Waals surface area contributed by atoms with Crippen LogP contribution in [0.25, 0.3) is 21.2 Å². The smallest absolute Gasteiger partial charge is 0.336 e. The number of rotatable bonds is 9. The number of aromatic carboxylic acids is 1. The third-order valence-corrected chi connectivity index (χ3v) is 5.68. The molecular weight excluding hydrogens is 392 g/mol. The SMILES string of the molecule is CCCCOc1c(CO)c(C(=O)O)c(-c2ccc(OC)c(OC)c2)c2sccc12. The van der Waals surface area contributed by atoms with E-state index in [1.807, 2.05) is 11.4 Å². The number of hydrogen-bond acceptors (Lipinski definition) is 6. The van der Waals surface area contributed by atoms with E-state index in [4.69, 9.17) is 14.2 Å². The lowest BCUT2D eigenvalue weighted by Crippen LogP contribution is -2.10. The third kappa shape index (κ3) is 3.88. The molecule has 29 heavy (non-hydrogen) atoms. The molecule has 7 heteroatoms. The molecule has 0 aliphatic carbocycles. The second-order valence-electron chi connectivity index (χ2n) is 6.46. The molecule has 0 spiro atoms. The van der Waals surface area contributed by atoms with Crippen molar-refractivity contribution in [3.63, 3.8) is 0 Å². The van der Waals surface area contributed by atoms with Gasteiger partial charge in [-0.15, -0.1) is 11.3 Å². The maximum Gasteiger partial charge on any atom is 0.336 e. The quantitative estimate of drug-likeness (QED) is 0.480. The van der Waals surface area contributed by atoms with E-state index < -0.39 is 12.6 Å². The predicted molar refractivity (Wildman–Crippen MR) is 114 cm³/mol. The number of ether oxygens (including phenoxy) is 3. The minimum Gasteiger partial charge on any atom is -0.493 e. The van der Waals surface area contributed by atoms with Crippen LogP contribution in [-0.4, -0.2) is 37.0 Å². The van der Waals surface area contributed by atoms with Gasteiger partial charge in [-0.3, -0.25) is 0 Å². The summed E-state index contributed by atoms with van der Waals surface area (Å²) in [5.41, 5.74) is 1.53. The molecule has 6 nitrogen and oxygen atoms in total. The highest BCUT2D eigenvalue weighted by Crippen LogP contribution is 2.45. The van der Waals surface area contributed by atoms with E-state index in [1.165, 1.54) is 18.4 Å². The van der Waals surface area contributed by atoms with Crippen LogP contribution in [0.2, 0.25) is 0 Å². The summed E-state index contributed by atoms with van der Waals surface area (Å²) in [5.74, 6) is 0.380. The van der Waals surface area contributed by atoms with Crippen molar-refractivity contribution in [3.05, 3.63) is 40.8 Å². The van der Waals surface area contributed by atoms with Crippen molar-refractivity contribution in [3.8, 4) is 28.4 Å². The zero-order chi connectivity index (χ0) is 21.0. The van der Waals surface area contributed by atoms with Crippen molar-refractivity contribution in [2.24, 2.45) is 0 Å². The second-order valence-corrected chi connectivity index (χ2v) is 7.37. The monoisotopic (exact) mass is 416 g/mol. The highest BCUT2D eigenvalue weighted by molar-refractivity contribution is 7.17. The summed E-state index contributed by atoms with van der Waals surface area (Å²) in [6, 6.07) is 7.18. The van der Waals surface area contributed by atoms with Crippen LogP contribution in [0.15, 0.2) is 29.6 Å². The number of aliphatic hydroxyl groups excluding tert-OH is 1. The van der Waals surface area contributed by atoms with Crippen LogP contribution in [0.1, 0.15) is 35.7 Å². The van der Waals surface area contributed by atoms with Gasteiger partial charge in [0, 0.05) is 21.2 Å². The fraction of sp³-hybridized carbons (Fsp3) is 0.318. The van der Waals surface area contributed by atoms with E-state index in [0.29, 0.717) is 35.0 Å². The Balaban J connectivity index is 2.33. The molecule has 0 radical (unpaired) electrons. The predicted octanol–water partition coefficient (Wildman–Crippen LogP) is 4.95. The molecule has 0 bridgehead atoms. The Morgan fingerprint density at radius 3 is 2.52 bits per heavy atom. The standard InChI is InChI=1S/C22H24O6S/c1-4-5-9-28-20-14-8-10-29-21(14)18(19(22(24)25)15(20)12-23)13-6-7-16(26-2)17(11-13)27-3/h6-8,10-11,23H,4-5,9,12H2,1-3H3,(H,24,25). The Bertz CT molecular complexity index is 1020. The number of benzene rings is 2. The van der Waals surface area contributed by atoms with Crippen molar-refractivity contribution < 1.29 is 29.2 Å². The van der Waals surface area contributed by atoms with Gasteiger partial charge in [-0.2, -0.15) is 0 Å². The van der Waals surface area contributed by atoms with Gasteiger partial charge in [0.2, 0.25) is 0 Å². The van der Waals surface area contributed by atoms with E-state index in [2.05, 4.69) is 6.92 Å². The van der Waals surface area contributed by atoms with E-state index in [1.54, 1.807) is 25.3 Å². The van der Waals surface area contributed by atoms with Crippen LogP contribution in [0, 0.1) is 0 Å². The molecule has 0 aliphatic heterocycles. The largest absolute Gasteiger partial charge is 0.493 e.